The number of nitrogens with one attached hydrogen (secondary N) is 2. The molecule has 0 aromatic carbocycles. The van der Waals surface area contributed by atoms with Crippen LogP contribution in [-0.2, 0) is 16.6 Å². The molecule has 0 amide bonds. The van der Waals surface area contributed by atoms with Crippen LogP contribution >= 0.6 is 11.3 Å². The fourth-order valence-corrected chi connectivity index (χ4v) is 5.86. The van der Waals surface area contributed by atoms with Crippen molar-refractivity contribution in [2.75, 3.05) is 13.6 Å². The van der Waals surface area contributed by atoms with Crippen molar-refractivity contribution >= 4 is 21.4 Å². The summed E-state index contributed by atoms with van der Waals surface area (Å²) in [6.45, 7) is 5.42. The highest BCUT2D eigenvalue weighted by atomic mass is 32.2. The molecule has 0 saturated heterocycles. The van der Waals surface area contributed by atoms with Gasteiger partial charge in [0.2, 0.25) is 10.0 Å². The third-order valence-corrected chi connectivity index (χ3v) is 6.90. The highest BCUT2D eigenvalue weighted by Gasteiger charge is 2.23. The van der Waals surface area contributed by atoms with Crippen LogP contribution in [0.3, 0.4) is 0 Å². The van der Waals surface area contributed by atoms with Crippen LogP contribution in [0.1, 0.15) is 42.4 Å². The van der Waals surface area contributed by atoms with E-state index in [1.165, 1.54) is 12.8 Å². The van der Waals surface area contributed by atoms with Gasteiger partial charge in [-0.15, -0.1) is 11.3 Å². The zero-order valence-electron chi connectivity index (χ0n) is 13.1. The van der Waals surface area contributed by atoms with Gasteiger partial charge in [0.1, 0.15) is 0 Å². The molecule has 1 fully saturated rings. The summed E-state index contributed by atoms with van der Waals surface area (Å²) in [6, 6.07) is 1.79. The van der Waals surface area contributed by atoms with Crippen molar-refractivity contribution < 1.29 is 8.42 Å². The third-order valence-electron chi connectivity index (χ3n) is 4.17. The van der Waals surface area contributed by atoms with E-state index in [0.29, 0.717) is 23.9 Å². The average molecular weight is 331 g/mol. The predicted molar refractivity (Wildman–Crippen MR) is 88.1 cm³/mol. The Bertz CT molecular complexity index is 566. The molecule has 1 aliphatic carbocycles. The van der Waals surface area contributed by atoms with Crippen LogP contribution in [0.25, 0.3) is 0 Å². The Morgan fingerprint density at radius 1 is 1.38 bits per heavy atom. The summed E-state index contributed by atoms with van der Waals surface area (Å²) in [5.74, 6) is 1.21. The Labute approximate surface area is 132 Å². The summed E-state index contributed by atoms with van der Waals surface area (Å²) in [6.07, 6.45) is 4.77. The lowest BCUT2D eigenvalue weighted by molar-refractivity contribution is 0.283. The van der Waals surface area contributed by atoms with E-state index in [2.05, 4.69) is 17.0 Å². The zero-order chi connectivity index (χ0) is 15.5. The summed E-state index contributed by atoms with van der Waals surface area (Å²) >= 11 is 1.55. The average Bonchev–Trinajstić information content (AvgIpc) is 2.79. The van der Waals surface area contributed by atoms with Crippen molar-refractivity contribution in [3.8, 4) is 0 Å². The van der Waals surface area contributed by atoms with Crippen LogP contribution in [0.5, 0.6) is 0 Å². The second-order valence-corrected chi connectivity index (χ2v) is 9.23. The molecule has 120 valence electrons. The first kappa shape index (κ1) is 16.9. The molecule has 1 heterocycles. The minimum Gasteiger partial charge on any atom is -0.315 e. The molecule has 2 rings (SSSR count). The number of hydrogen-bond donors (Lipinski definition) is 2. The molecule has 1 aliphatic rings. The quantitative estimate of drug-likeness (QED) is 0.843. The van der Waals surface area contributed by atoms with Crippen LogP contribution < -0.4 is 10.0 Å². The maximum Gasteiger partial charge on any atom is 0.241 e. The van der Waals surface area contributed by atoms with Crippen LogP contribution in [-0.4, -0.2) is 22.0 Å². The van der Waals surface area contributed by atoms with Crippen LogP contribution in [0.2, 0.25) is 0 Å². The predicted octanol–water partition coefficient (Wildman–Crippen LogP) is 2.88. The van der Waals surface area contributed by atoms with Gasteiger partial charge < -0.3 is 5.32 Å². The zero-order valence-corrected chi connectivity index (χ0v) is 14.7. The van der Waals surface area contributed by atoms with E-state index in [1.807, 2.05) is 14.0 Å². The summed E-state index contributed by atoms with van der Waals surface area (Å²) in [5.41, 5.74) is 0. The van der Waals surface area contributed by atoms with Crippen molar-refractivity contribution in [3.63, 3.8) is 0 Å². The van der Waals surface area contributed by atoms with Gasteiger partial charge >= 0.3 is 0 Å². The number of thiophene rings is 1. The second kappa shape index (κ2) is 7.22. The van der Waals surface area contributed by atoms with E-state index in [-0.39, 0.29) is 0 Å². The van der Waals surface area contributed by atoms with Crippen molar-refractivity contribution in [2.45, 2.75) is 51.0 Å². The van der Waals surface area contributed by atoms with Gasteiger partial charge in [-0.3, -0.25) is 0 Å². The normalized spacial score (nSPS) is 23.4. The van der Waals surface area contributed by atoms with Crippen molar-refractivity contribution in [2.24, 2.45) is 11.8 Å². The molecule has 6 heteroatoms. The van der Waals surface area contributed by atoms with Gasteiger partial charge in [-0.25, -0.2) is 13.1 Å². The van der Waals surface area contributed by atoms with E-state index in [1.54, 1.807) is 17.4 Å². The van der Waals surface area contributed by atoms with Crippen LogP contribution in [0.15, 0.2) is 11.0 Å². The van der Waals surface area contributed by atoms with Gasteiger partial charge in [0.15, 0.2) is 0 Å². The summed E-state index contributed by atoms with van der Waals surface area (Å²) in [7, 11) is -1.51. The van der Waals surface area contributed by atoms with Crippen molar-refractivity contribution in [1.29, 1.82) is 0 Å². The number of sulfonamides is 1. The van der Waals surface area contributed by atoms with Gasteiger partial charge in [-0.1, -0.05) is 19.8 Å². The molecule has 2 atom stereocenters. The van der Waals surface area contributed by atoms with Crippen LogP contribution in [0, 0.1) is 18.8 Å². The monoisotopic (exact) mass is 330 g/mol. The molecule has 1 aromatic rings. The second-order valence-electron chi connectivity index (χ2n) is 6.15. The molecule has 0 bridgehead atoms. The van der Waals surface area contributed by atoms with E-state index in [9.17, 15) is 8.42 Å². The SMILES string of the molecule is CNCc1cc(S(=O)(=O)NCC2CCCC(C)C2)c(C)s1. The molecule has 0 radical (unpaired) electrons. The van der Waals surface area contributed by atoms with Gasteiger partial charge in [-0.05, 0) is 44.7 Å². The lowest BCUT2D eigenvalue weighted by atomic mass is 9.83. The van der Waals surface area contributed by atoms with Crippen LogP contribution in [0.4, 0.5) is 0 Å². The third kappa shape index (κ3) is 4.52. The molecule has 1 aromatic heterocycles. The van der Waals surface area contributed by atoms with Gasteiger partial charge in [0, 0.05) is 22.8 Å². The largest absolute Gasteiger partial charge is 0.315 e. The first-order chi connectivity index (χ1) is 9.92. The molecule has 4 nitrogen and oxygen atoms in total. The summed E-state index contributed by atoms with van der Waals surface area (Å²) < 4.78 is 27.8. The number of aryl methyl sites for hydroxylation is 1. The maximum atomic E-state index is 12.5. The Morgan fingerprint density at radius 3 is 2.81 bits per heavy atom. The Balaban J connectivity index is 2.01. The molecule has 0 aliphatic heterocycles. The molecule has 2 N–H and O–H groups in total. The van der Waals surface area contributed by atoms with E-state index in [0.717, 1.165) is 28.5 Å². The fraction of sp³-hybridized carbons (Fsp3) is 0.733. The van der Waals surface area contributed by atoms with E-state index < -0.39 is 10.0 Å². The van der Waals surface area contributed by atoms with Gasteiger partial charge in [0.25, 0.3) is 0 Å². The first-order valence-electron chi connectivity index (χ1n) is 7.66. The number of rotatable bonds is 6. The van der Waals surface area contributed by atoms with E-state index in [4.69, 9.17) is 0 Å². The molecule has 2 unspecified atom stereocenters. The maximum absolute atomic E-state index is 12.5. The molecular formula is C15H26N2O2S2. The fourth-order valence-electron chi connectivity index (χ4n) is 3.10. The van der Waals surface area contributed by atoms with Crippen molar-refractivity contribution in [1.82, 2.24) is 10.0 Å². The van der Waals surface area contributed by atoms with Gasteiger partial charge in [-0.2, -0.15) is 0 Å². The molecular weight excluding hydrogens is 304 g/mol. The topological polar surface area (TPSA) is 58.2 Å². The van der Waals surface area contributed by atoms with Gasteiger partial charge in [0.05, 0.1) is 4.90 Å². The minimum atomic E-state index is -3.37. The summed E-state index contributed by atoms with van der Waals surface area (Å²) in [4.78, 5) is 2.37. The standard InChI is InChI=1S/C15H26N2O2S2/c1-11-5-4-6-13(7-11)9-17-21(18,19)15-8-14(10-16-3)20-12(15)2/h8,11,13,16-17H,4-7,9-10H2,1-3H3. The van der Waals surface area contributed by atoms with E-state index >= 15 is 0 Å². The summed E-state index contributed by atoms with van der Waals surface area (Å²) in [5, 5.41) is 3.06. The smallest absolute Gasteiger partial charge is 0.241 e. The minimum absolute atomic E-state index is 0.446. The lowest BCUT2D eigenvalue weighted by Gasteiger charge is -2.26. The Kier molecular flexibility index (Phi) is 5.82. The van der Waals surface area contributed by atoms with Crippen molar-refractivity contribution in [3.05, 3.63) is 15.8 Å². The molecule has 1 saturated carbocycles. The Hall–Kier alpha value is -0.430. The Morgan fingerprint density at radius 2 is 2.14 bits per heavy atom. The molecule has 0 spiro atoms. The molecule has 21 heavy (non-hydrogen) atoms. The highest BCUT2D eigenvalue weighted by Crippen LogP contribution is 2.29. The highest BCUT2D eigenvalue weighted by molar-refractivity contribution is 7.89. The first-order valence-corrected chi connectivity index (χ1v) is 9.96. The lowest BCUT2D eigenvalue weighted by Crippen LogP contribution is -2.31. The number of hydrogen-bond acceptors (Lipinski definition) is 4.